The quantitative estimate of drug-likeness (QED) is 0.568. The van der Waals surface area contributed by atoms with Crippen LogP contribution < -0.4 is 10.6 Å². The first-order valence-corrected chi connectivity index (χ1v) is 12.8. The highest BCUT2D eigenvalue weighted by Gasteiger charge is 2.33. The minimum absolute atomic E-state index is 0.261. The van der Waals surface area contributed by atoms with E-state index in [2.05, 4.69) is 29.5 Å². The van der Waals surface area contributed by atoms with E-state index in [9.17, 15) is 27.0 Å². The van der Waals surface area contributed by atoms with Gasteiger partial charge in [-0.15, -0.1) is 0 Å². The number of hydrogen-bond acceptors (Lipinski definition) is 4. The Morgan fingerprint density at radius 1 is 1.14 bits per heavy atom. The van der Waals surface area contributed by atoms with Crippen LogP contribution in [0, 0.1) is 17.5 Å². The van der Waals surface area contributed by atoms with Gasteiger partial charge in [0.05, 0.1) is 23.3 Å². The summed E-state index contributed by atoms with van der Waals surface area (Å²) < 4.78 is 55.2. The van der Waals surface area contributed by atoms with Crippen LogP contribution in [0.4, 0.5) is 13.2 Å². The first-order chi connectivity index (χ1) is 16.8. The number of aromatic nitrogens is 1. The molecule has 2 heterocycles. The normalized spacial score (nSPS) is 16.5. The monoisotopic (exact) mass is 512 g/mol. The lowest BCUT2D eigenvalue weighted by Crippen LogP contribution is -2.51. The number of piperidine rings is 1. The fraction of sp³-hybridized carbons (Fsp3) is 0.458. The van der Waals surface area contributed by atoms with E-state index >= 15 is 0 Å². The van der Waals surface area contributed by atoms with E-state index in [1.54, 1.807) is 24.5 Å². The topological polar surface area (TPSA) is 91.4 Å². The average molecular weight is 513 g/mol. The minimum atomic E-state index is -1.92. The summed E-state index contributed by atoms with van der Waals surface area (Å²) in [5, 5.41) is 5.19. The van der Waals surface area contributed by atoms with Crippen molar-refractivity contribution in [2.45, 2.75) is 57.9 Å². The third kappa shape index (κ3) is 9.06. The van der Waals surface area contributed by atoms with Gasteiger partial charge in [0.25, 0.3) is 0 Å². The van der Waals surface area contributed by atoms with Gasteiger partial charge in [-0.05, 0) is 24.5 Å². The number of nitrogens with one attached hydrogen (secondary N) is 2. The van der Waals surface area contributed by atoms with Gasteiger partial charge in [0.1, 0.15) is 23.5 Å². The second kappa shape index (κ2) is 14.6. The predicted octanol–water partition coefficient (Wildman–Crippen LogP) is 3.37. The second-order valence-corrected chi connectivity index (χ2v) is 9.43. The Morgan fingerprint density at radius 3 is 2.46 bits per heavy atom. The lowest BCUT2D eigenvalue weighted by atomic mass is 10.0. The van der Waals surface area contributed by atoms with E-state index in [4.69, 9.17) is 0 Å². The molecule has 1 aliphatic heterocycles. The van der Waals surface area contributed by atoms with Crippen LogP contribution in [0.2, 0.25) is 0 Å². The lowest BCUT2D eigenvalue weighted by molar-refractivity contribution is -0.129. The predicted molar refractivity (Wildman–Crippen MR) is 128 cm³/mol. The number of pyridine rings is 1. The van der Waals surface area contributed by atoms with Gasteiger partial charge in [-0.1, -0.05) is 32.8 Å². The molecule has 0 bridgehead atoms. The standard InChI is InChI=1S/C21H23F3N4O3S.C3H8/c22-15-8-17(23)16(18(24)9-15)13-32(31)28-7-2-1-5-19(28)21(30)27-12-20(29)26-11-14-4-3-6-25-10-14;1-3-2/h3-4,6,8-10,19H,1-2,5,7,11-13H2,(H,26,29)(H,27,30);3H2,1-2H3. The van der Waals surface area contributed by atoms with Gasteiger partial charge in [0.15, 0.2) is 0 Å². The molecule has 1 aromatic carbocycles. The smallest absolute Gasteiger partial charge is 0.239 e. The van der Waals surface area contributed by atoms with E-state index in [1.807, 2.05) is 0 Å². The Morgan fingerprint density at radius 2 is 1.83 bits per heavy atom. The van der Waals surface area contributed by atoms with Crippen molar-refractivity contribution < 1.29 is 27.0 Å². The van der Waals surface area contributed by atoms with Crippen LogP contribution in [-0.4, -0.2) is 44.4 Å². The van der Waals surface area contributed by atoms with E-state index in [0.717, 1.165) is 5.56 Å². The molecule has 1 aromatic heterocycles. The first kappa shape index (κ1) is 28.4. The molecule has 1 aliphatic rings. The number of carbonyl (C=O) groups excluding carboxylic acids is 2. The number of benzene rings is 1. The number of carbonyl (C=O) groups is 2. The van der Waals surface area contributed by atoms with Crippen molar-refractivity contribution in [1.82, 2.24) is 19.9 Å². The van der Waals surface area contributed by atoms with Crippen molar-refractivity contribution >= 4 is 22.8 Å². The van der Waals surface area contributed by atoms with Crippen molar-refractivity contribution in [3.63, 3.8) is 0 Å². The molecule has 2 atom stereocenters. The molecule has 192 valence electrons. The van der Waals surface area contributed by atoms with Crippen LogP contribution in [0.1, 0.15) is 50.7 Å². The highest BCUT2D eigenvalue weighted by Crippen LogP contribution is 2.23. The summed E-state index contributed by atoms with van der Waals surface area (Å²) in [4.78, 5) is 28.6. The minimum Gasteiger partial charge on any atom is -0.350 e. The molecule has 0 saturated carbocycles. The first-order valence-electron chi connectivity index (χ1n) is 11.5. The molecule has 2 N–H and O–H groups in total. The van der Waals surface area contributed by atoms with Gasteiger partial charge in [0, 0.05) is 43.2 Å². The summed E-state index contributed by atoms with van der Waals surface area (Å²) in [6, 6.07) is 3.79. The summed E-state index contributed by atoms with van der Waals surface area (Å²) in [7, 11) is -1.92. The van der Waals surface area contributed by atoms with Gasteiger partial charge in [-0.3, -0.25) is 14.6 Å². The molecule has 2 aromatic rings. The summed E-state index contributed by atoms with van der Waals surface area (Å²) in [6.07, 6.45) is 6.24. The fourth-order valence-electron chi connectivity index (χ4n) is 3.38. The summed E-state index contributed by atoms with van der Waals surface area (Å²) >= 11 is 0. The molecule has 7 nitrogen and oxygen atoms in total. The van der Waals surface area contributed by atoms with Gasteiger partial charge >= 0.3 is 0 Å². The Balaban J connectivity index is 0.00000137. The van der Waals surface area contributed by atoms with Gasteiger partial charge < -0.3 is 10.6 Å². The zero-order valence-corrected chi connectivity index (χ0v) is 20.7. The summed E-state index contributed by atoms with van der Waals surface area (Å²) in [5.74, 6) is -4.73. The fourth-order valence-corrected chi connectivity index (χ4v) is 4.88. The van der Waals surface area contributed by atoms with Crippen LogP contribution in [-0.2, 0) is 32.9 Å². The zero-order chi connectivity index (χ0) is 25.8. The maximum Gasteiger partial charge on any atom is 0.239 e. The van der Waals surface area contributed by atoms with Crippen molar-refractivity contribution in [3.05, 3.63) is 65.2 Å². The molecule has 2 amide bonds. The Labute approximate surface area is 206 Å². The molecular formula is C24H31F3N4O3S. The van der Waals surface area contributed by atoms with Crippen molar-refractivity contribution in [3.8, 4) is 0 Å². The average Bonchev–Trinajstić information content (AvgIpc) is 2.84. The maximum absolute atomic E-state index is 13.9. The largest absolute Gasteiger partial charge is 0.350 e. The van der Waals surface area contributed by atoms with Crippen molar-refractivity contribution in [1.29, 1.82) is 0 Å². The number of rotatable bonds is 8. The van der Waals surface area contributed by atoms with E-state index in [0.29, 0.717) is 37.9 Å². The molecular weight excluding hydrogens is 481 g/mol. The molecule has 0 aliphatic carbocycles. The maximum atomic E-state index is 13.9. The summed E-state index contributed by atoms with van der Waals surface area (Å²) in [6.45, 7) is 4.54. The molecule has 35 heavy (non-hydrogen) atoms. The third-order valence-electron chi connectivity index (χ3n) is 5.03. The number of hydrogen-bond donors (Lipinski definition) is 2. The Bertz CT molecular complexity index is 988. The molecule has 3 rings (SSSR count). The van der Waals surface area contributed by atoms with E-state index < -0.39 is 57.6 Å². The van der Waals surface area contributed by atoms with Gasteiger partial charge in [0.2, 0.25) is 11.8 Å². The van der Waals surface area contributed by atoms with E-state index in [1.165, 1.54) is 10.7 Å². The number of nitrogens with zero attached hydrogens (tertiary/aromatic N) is 2. The van der Waals surface area contributed by atoms with E-state index in [-0.39, 0.29) is 13.1 Å². The highest BCUT2D eigenvalue weighted by atomic mass is 32.2. The molecule has 0 radical (unpaired) electrons. The zero-order valence-electron chi connectivity index (χ0n) is 19.9. The molecule has 1 saturated heterocycles. The Hall–Kier alpha value is -2.79. The molecule has 0 spiro atoms. The van der Waals surface area contributed by atoms with Gasteiger partial charge in [-0.2, -0.15) is 0 Å². The van der Waals surface area contributed by atoms with Crippen molar-refractivity contribution in [2.75, 3.05) is 13.1 Å². The number of halogens is 3. The number of amides is 2. The van der Waals surface area contributed by atoms with Crippen LogP contribution >= 0.6 is 0 Å². The molecule has 1 fully saturated rings. The molecule has 2 unspecified atom stereocenters. The van der Waals surface area contributed by atoms with Gasteiger partial charge in [-0.25, -0.2) is 21.7 Å². The Kier molecular flexibility index (Phi) is 11.8. The van der Waals surface area contributed by atoms with Crippen LogP contribution in [0.25, 0.3) is 0 Å². The lowest BCUT2D eigenvalue weighted by Gasteiger charge is -2.33. The highest BCUT2D eigenvalue weighted by molar-refractivity contribution is 7.81. The van der Waals surface area contributed by atoms with Crippen LogP contribution in [0.3, 0.4) is 0 Å². The van der Waals surface area contributed by atoms with Crippen molar-refractivity contribution in [2.24, 2.45) is 0 Å². The third-order valence-corrected chi connectivity index (χ3v) is 6.52. The molecule has 11 heteroatoms. The SMILES string of the molecule is CCC.O=C(CNC(=O)C1CCCCN1S(=O)Cc1c(F)cc(F)cc1F)NCc1cccnc1. The van der Waals surface area contributed by atoms with Crippen LogP contribution in [0.5, 0.6) is 0 Å². The summed E-state index contributed by atoms with van der Waals surface area (Å²) in [5.41, 5.74) is 0.311. The van der Waals surface area contributed by atoms with Crippen LogP contribution in [0.15, 0.2) is 36.7 Å². The second-order valence-electron chi connectivity index (χ2n) is 8.03.